The number of carbonyl (C=O) groups is 1. The molecule has 10 heteroatoms. The van der Waals surface area contributed by atoms with Crippen molar-refractivity contribution in [2.24, 2.45) is 0 Å². The van der Waals surface area contributed by atoms with Crippen LogP contribution >= 0.6 is 23.2 Å². The fourth-order valence-corrected chi connectivity index (χ4v) is 5.01. The maximum Gasteiger partial charge on any atom is 0.338 e. The Labute approximate surface area is 196 Å². The summed E-state index contributed by atoms with van der Waals surface area (Å²) in [6.07, 6.45) is 1.45. The minimum absolute atomic E-state index is 0.0129. The largest absolute Gasteiger partial charge is 0.457 e. The number of hydrogen-bond donors (Lipinski definition) is 0. The molecule has 1 aromatic heterocycles. The van der Waals surface area contributed by atoms with Gasteiger partial charge in [-0.2, -0.15) is 0 Å². The summed E-state index contributed by atoms with van der Waals surface area (Å²) in [5.41, 5.74) is 1.67. The average molecular weight is 495 g/mol. The van der Waals surface area contributed by atoms with Gasteiger partial charge >= 0.3 is 5.97 Å². The van der Waals surface area contributed by atoms with Crippen LogP contribution in [0.4, 0.5) is 5.69 Å². The van der Waals surface area contributed by atoms with Crippen molar-refractivity contribution in [3.05, 3.63) is 87.7 Å². The predicted molar refractivity (Wildman–Crippen MR) is 123 cm³/mol. The number of carbonyl (C=O) groups excluding carboxylic acids is 1. The number of benzene rings is 2. The van der Waals surface area contributed by atoms with Gasteiger partial charge in [0.2, 0.25) is 0 Å². The average Bonchev–Trinajstić information content (AvgIpc) is 3.08. The number of hydrogen-bond acceptors (Lipinski definition) is 6. The summed E-state index contributed by atoms with van der Waals surface area (Å²) in [6.45, 7) is 7.00. The summed E-state index contributed by atoms with van der Waals surface area (Å²) in [5.74, 6) is -0.169. The van der Waals surface area contributed by atoms with E-state index in [4.69, 9.17) is 32.5 Å². The molecule has 0 aliphatic heterocycles. The molecule has 3 aromatic rings. The molecular formula is C22H20Cl2N2O5S. The molecule has 0 aliphatic rings. The summed E-state index contributed by atoms with van der Waals surface area (Å²) in [4.78, 5) is 12.4. The number of ether oxygens (including phenoxy) is 1. The van der Waals surface area contributed by atoms with Crippen LogP contribution < -0.4 is 4.31 Å². The SMILES string of the molecule is C=CCN(c1ccc(Cl)cc1)S(=O)(=O)c1cc(C(=O)OCc2c(C)noc2C)ccc1Cl. The molecule has 3 rings (SSSR count). The zero-order chi connectivity index (χ0) is 23.5. The predicted octanol–water partition coefficient (Wildman–Crippen LogP) is 5.34. The second-order valence-corrected chi connectivity index (χ2v) is 9.50. The van der Waals surface area contributed by atoms with Gasteiger partial charge in [-0.25, -0.2) is 13.2 Å². The molecular weight excluding hydrogens is 475 g/mol. The van der Waals surface area contributed by atoms with Gasteiger partial charge in [0.25, 0.3) is 10.0 Å². The summed E-state index contributed by atoms with van der Waals surface area (Å²) < 4.78 is 38.3. The van der Waals surface area contributed by atoms with Gasteiger partial charge in [-0.3, -0.25) is 4.31 Å². The Balaban J connectivity index is 1.92. The minimum Gasteiger partial charge on any atom is -0.457 e. The van der Waals surface area contributed by atoms with Crippen molar-refractivity contribution in [3.8, 4) is 0 Å². The summed E-state index contributed by atoms with van der Waals surface area (Å²) in [7, 11) is -4.13. The van der Waals surface area contributed by atoms with Gasteiger partial charge in [0.15, 0.2) is 0 Å². The van der Waals surface area contributed by atoms with E-state index < -0.39 is 16.0 Å². The zero-order valence-electron chi connectivity index (χ0n) is 17.3. The molecule has 168 valence electrons. The van der Waals surface area contributed by atoms with E-state index in [0.29, 0.717) is 27.7 Å². The van der Waals surface area contributed by atoms with Crippen molar-refractivity contribution in [2.75, 3.05) is 10.8 Å². The van der Waals surface area contributed by atoms with Gasteiger partial charge in [-0.1, -0.05) is 34.4 Å². The third-order valence-electron chi connectivity index (χ3n) is 4.67. The van der Waals surface area contributed by atoms with Crippen molar-refractivity contribution in [3.63, 3.8) is 0 Å². The Hall–Kier alpha value is -2.81. The van der Waals surface area contributed by atoms with Crippen LogP contribution in [0, 0.1) is 13.8 Å². The van der Waals surface area contributed by atoms with Gasteiger partial charge in [-0.05, 0) is 56.3 Å². The Morgan fingerprint density at radius 2 is 1.88 bits per heavy atom. The lowest BCUT2D eigenvalue weighted by molar-refractivity contribution is 0.0470. The summed E-state index contributed by atoms with van der Waals surface area (Å²) in [6, 6.07) is 10.2. The third kappa shape index (κ3) is 4.98. The van der Waals surface area contributed by atoms with Crippen molar-refractivity contribution in [2.45, 2.75) is 25.3 Å². The summed E-state index contributed by atoms with van der Waals surface area (Å²) in [5, 5.41) is 4.24. The second-order valence-electron chi connectivity index (χ2n) is 6.83. The number of halogens is 2. The lowest BCUT2D eigenvalue weighted by atomic mass is 10.2. The molecule has 32 heavy (non-hydrogen) atoms. The minimum atomic E-state index is -4.13. The monoisotopic (exact) mass is 494 g/mol. The first-order chi connectivity index (χ1) is 15.1. The maximum absolute atomic E-state index is 13.4. The maximum atomic E-state index is 13.4. The topological polar surface area (TPSA) is 89.7 Å². The van der Waals surface area contributed by atoms with E-state index in [0.717, 1.165) is 4.31 Å². The molecule has 0 radical (unpaired) electrons. The van der Waals surface area contributed by atoms with Gasteiger partial charge in [0.05, 0.1) is 34.1 Å². The molecule has 0 spiro atoms. The number of sulfonamides is 1. The van der Waals surface area contributed by atoms with Crippen LogP contribution in [0.3, 0.4) is 0 Å². The number of aromatic nitrogens is 1. The Morgan fingerprint density at radius 3 is 2.47 bits per heavy atom. The summed E-state index contributed by atoms with van der Waals surface area (Å²) >= 11 is 12.1. The quantitative estimate of drug-likeness (QED) is 0.310. The van der Waals surface area contributed by atoms with Crippen LogP contribution in [0.1, 0.15) is 27.4 Å². The van der Waals surface area contributed by atoms with Crippen molar-refractivity contribution in [1.82, 2.24) is 5.16 Å². The Bertz CT molecular complexity index is 1230. The van der Waals surface area contributed by atoms with Gasteiger partial charge in [0, 0.05) is 5.02 Å². The normalized spacial score (nSPS) is 11.2. The molecule has 0 saturated carbocycles. The van der Waals surface area contributed by atoms with E-state index in [-0.39, 0.29) is 28.6 Å². The van der Waals surface area contributed by atoms with E-state index in [9.17, 15) is 13.2 Å². The number of aryl methyl sites for hydroxylation is 2. The van der Waals surface area contributed by atoms with Crippen LogP contribution in [-0.2, 0) is 21.4 Å². The molecule has 7 nitrogen and oxygen atoms in total. The standard InChI is InChI=1S/C22H20Cl2N2O5S/c1-4-11-26(18-8-6-17(23)7-9-18)32(28,29)21-12-16(5-10-20(21)24)22(27)30-13-19-14(2)25-31-15(19)3/h4-10,12H,1,11,13H2,2-3H3. The fourth-order valence-electron chi connectivity index (χ4n) is 2.94. The van der Waals surface area contributed by atoms with Crippen LogP contribution in [0.25, 0.3) is 0 Å². The number of anilines is 1. The van der Waals surface area contributed by atoms with E-state index in [1.54, 1.807) is 38.1 Å². The molecule has 0 amide bonds. The molecule has 0 N–H and O–H groups in total. The smallest absolute Gasteiger partial charge is 0.338 e. The lowest BCUT2D eigenvalue weighted by Crippen LogP contribution is -2.31. The molecule has 1 heterocycles. The van der Waals surface area contributed by atoms with Crippen LogP contribution in [0.2, 0.25) is 10.0 Å². The van der Waals surface area contributed by atoms with Gasteiger partial charge in [-0.15, -0.1) is 6.58 Å². The molecule has 0 aliphatic carbocycles. The first kappa shape index (κ1) is 23.8. The highest BCUT2D eigenvalue weighted by Crippen LogP contribution is 2.30. The highest BCUT2D eigenvalue weighted by Gasteiger charge is 2.28. The molecule has 0 unspecified atom stereocenters. The zero-order valence-corrected chi connectivity index (χ0v) is 19.7. The fraction of sp³-hybridized carbons (Fsp3) is 0.182. The van der Waals surface area contributed by atoms with Crippen molar-refractivity contribution < 1.29 is 22.5 Å². The Morgan fingerprint density at radius 1 is 1.19 bits per heavy atom. The van der Waals surface area contributed by atoms with E-state index in [1.807, 2.05) is 0 Å². The van der Waals surface area contributed by atoms with Crippen molar-refractivity contribution >= 4 is 44.9 Å². The highest BCUT2D eigenvalue weighted by molar-refractivity contribution is 7.93. The molecule has 0 bridgehead atoms. The Kier molecular flexibility index (Phi) is 7.28. The molecule has 2 aromatic carbocycles. The first-order valence-corrected chi connectivity index (χ1v) is 11.6. The number of rotatable bonds is 8. The van der Waals surface area contributed by atoms with E-state index in [2.05, 4.69) is 11.7 Å². The molecule has 0 atom stereocenters. The lowest BCUT2D eigenvalue weighted by Gasteiger charge is -2.24. The van der Waals surface area contributed by atoms with E-state index >= 15 is 0 Å². The number of esters is 1. The first-order valence-electron chi connectivity index (χ1n) is 9.42. The van der Waals surface area contributed by atoms with Gasteiger partial charge < -0.3 is 9.26 Å². The van der Waals surface area contributed by atoms with Crippen LogP contribution in [0.15, 0.2) is 64.5 Å². The van der Waals surface area contributed by atoms with Crippen molar-refractivity contribution in [1.29, 1.82) is 0 Å². The molecule has 0 fully saturated rings. The number of nitrogens with zero attached hydrogens (tertiary/aromatic N) is 2. The highest BCUT2D eigenvalue weighted by atomic mass is 35.5. The van der Waals surface area contributed by atoms with Crippen LogP contribution in [0.5, 0.6) is 0 Å². The third-order valence-corrected chi connectivity index (χ3v) is 7.20. The molecule has 0 saturated heterocycles. The van der Waals surface area contributed by atoms with Gasteiger partial charge in [0.1, 0.15) is 17.3 Å². The second kappa shape index (κ2) is 9.77. The van der Waals surface area contributed by atoms with Crippen LogP contribution in [-0.4, -0.2) is 26.1 Å². The van der Waals surface area contributed by atoms with E-state index in [1.165, 1.54) is 24.3 Å².